The largest absolute Gasteiger partial charge is 0.480 e. The summed E-state index contributed by atoms with van der Waals surface area (Å²) >= 11 is 3.17. The zero-order valence-corrected chi connectivity index (χ0v) is 11.7. The molecule has 1 atom stereocenters. The van der Waals surface area contributed by atoms with E-state index in [1.165, 1.54) is 19.1 Å². The Kier molecular flexibility index (Phi) is 5.39. The SMILES string of the molecule is C#CCNC(=O)C(C)Oc1ccc(Br)cc1C(=O)O. The van der Waals surface area contributed by atoms with Crippen molar-refractivity contribution in [2.75, 3.05) is 6.54 Å². The second-order valence-corrected chi connectivity index (χ2v) is 4.54. The quantitative estimate of drug-likeness (QED) is 0.807. The highest BCUT2D eigenvalue weighted by atomic mass is 79.9. The van der Waals surface area contributed by atoms with Crippen LogP contribution in [0.2, 0.25) is 0 Å². The van der Waals surface area contributed by atoms with E-state index < -0.39 is 18.0 Å². The van der Waals surface area contributed by atoms with E-state index in [2.05, 4.69) is 27.2 Å². The molecule has 0 aliphatic carbocycles. The van der Waals surface area contributed by atoms with Crippen LogP contribution in [0, 0.1) is 12.3 Å². The van der Waals surface area contributed by atoms with Crippen molar-refractivity contribution >= 4 is 27.8 Å². The summed E-state index contributed by atoms with van der Waals surface area (Å²) in [6, 6.07) is 4.52. The topological polar surface area (TPSA) is 75.6 Å². The number of benzene rings is 1. The summed E-state index contributed by atoms with van der Waals surface area (Å²) in [4.78, 5) is 22.6. The Balaban J connectivity index is 2.85. The second kappa shape index (κ2) is 6.81. The molecule has 1 unspecified atom stereocenters. The van der Waals surface area contributed by atoms with Crippen LogP contribution in [0.3, 0.4) is 0 Å². The molecule has 0 aromatic heterocycles. The van der Waals surface area contributed by atoms with Gasteiger partial charge in [-0.3, -0.25) is 4.79 Å². The van der Waals surface area contributed by atoms with Crippen LogP contribution < -0.4 is 10.1 Å². The number of hydrogen-bond acceptors (Lipinski definition) is 3. The maximum atomic E-state index is 11.6. The van der Waals surface area contributed by atoms with Crippen molar-refractivity contribution in [1.82, 2.24) is 5.32 Å². The Hall–Kier alpha value is -2.00. The molecule has 1 aromatic rings. The Morgan fingerprint density at radius 2 is 2.26 bits per heavy atom. The molecular weight excluding hydrogens is 314 g/mol. The first-order valence-electron chi connectivity index (χ1n) is 5.36. The first-order chi connectivity index (χ1) is 8.95. The van der Waals surface area contributed by atoms with Gasteiger partial charge in [0.05, 0.1) is 6.54 Å². The third kappa shape index (κ3) is 4.30. The van der Waals surface area contributed by atoms with Gasteiger partial charge in [0.25, 0.3) is 5.91 Å². The molecule has 100 valence electrons. The van der Waals surface area contributed by atoms with E-state index in [0.29, 0.717) is 4.47 Å². The Labute approximate surface area is 119 Å². The number of carboxylic acids is 1. The van der Waals surface area contributed by atoms with Crippen molar-refractivity contribution in [2.24, 2.45) is 0 Å². The molecule has 19 heavy (non-hydrogen) atoms. The predicted molar refractivity (Wildman–Crippen MR) is 73.0 cm³/mol. The van der Waals surface area contributed by atoms with Crippen LogP contribution in [-0.4, -0.2) is 29.6 Å². The van der Waals surface area contributed by atoms with Crippen LogP contribution in [0.4, 0.5) is 0 Å². The highest BCUT2D eigenvalue weighted by molar-refractivity contribution is 9.10. The Morgan fingerprint density at radius 1 is 1.58 bits per heavy atom. The van der Waals surface area contributed by atoms with Crippen LogP contribution in [0.1, 0.15) is 17.3 Å². The summed E-state index contributed by atoms with van der Waals surface area (Å²) in [7, 11) is 0. The van der Waals surface area contributed by atoms with Gasteiger partial charge in [0, 0.05) is 4.47 Å². The van der Waals surface area contributed by atoms with E-state index >= 15 is 0 Å². The van der Waals surface area contributed by atoms with Gasteiger partial charge in [0.2, 0.25) is 0 Å². The summed E-state index contributed by atoms with van der Waals surface area (Å²) in [6.45, 7) is 1.61. The monoisotopic (exact) mass is 325 g/mol. The van der Waals surface area contributed by atoms with Gasteiger partial charge in [-0.25, -0.2) is 4.79 Å². The molecule has 0 saturated heterocycles. The standard InChI is InChI=1S/C13H12BrNO4/c1-3-6-15-12(16)8(2)19-11-5-4-9(14)7-10(11)13(17)18/h1,4-5,7-8H,6H2,2H3,(H,15,16)(H,17,18). The fraction of sp³-hybridized carbons (Fsp3) is 0.231. The predicted octanol–water partition coefficient (Wildman–Crippen LogP) is 1.66. The molecule has 0 spiro atoms. The summed E-state index contributed by atoms with van der Waals surface area (Å²) in [5, 5.41) is 11.5. The number of carbonyl (C=O) groups is 2. The number of ether oxygens (including phenoxy) is 1. The van der Waals surface area contributed by atoms with Crippen LogP contribution in [0.15, 0.2) is 22.7 Å². The van der Waals surface area contributed by atoms with E-state index in [-0.39, 0.29) is 17.9 Å². The fourth-order valence-corrected chi connectivity index (χ4v) is 1.66. The first kappa shape index (κ1) is 15.1. The summed E-state index contributed by atoms with van der Waals surface area (Å²) in [5.74, 6) is 0.853. The maximum absolute atomic E-state index is 11.6. The molecule has 1 rings (SSSR count). The fourth-order valence-electron chi connectivity index (χ4n) is 1.30. The van der Waals surface area contributed by atoms with Crippen molar-refractivity contribution in [3.8, 4) is 18.1 Å². The zero-order chi connectivity index (χ0) is 14.4. The summed E-state index contributed by atoms with van der Waals surface area (Å²) < 4.78 is 5.95. The summed E-state index contributed by atoms with van der Waals surface area (Å²) in [6.07, 6.45) is 4.18. The third-order valence-corrected chi connectivity index (χ3v) is 2.70. The van der Waals surface area contributed by atoms with Gasteiger partial charge in [-0.2, -0.15) is 0 Å². The van der Waals surface area contributed by atoms with Crippen molar-refractivity contribution in [1.29, 1.82) is 0 Å². The van der Waals surface area contributed by atoms with Gasteiger partial charge in [-0.15, -0.1) is 6.42 Å². The zero-order valence-electron chi connectivity index (χ0n) is 10.1. The van der Waals surface area contributed by atoms with Gasteiger partial charge in [0.15, 0.2) is 6.10 Å². The lowest BCUT2D eigenvalue weighted by molar-refractivity contribution is -0.127. The molecule has 0 fully saturated rings. The average Bonchev–Trinajstić information content (AvgIpc) is 2.37. The Bertz CT molecular complexity index is 536. The maximum Gasteiger partial charge on any atom is 0.339 e. The van der Waals surface area contributed by atoms with Crippen LogP contribution in [0.25, 0.3) is 0 Å². The molecule has 1 aromatic carbocycles. The van der Waals surface area contributed by atoms with E-state index in [0.717, 1.165) is 0 Å². The van der Waals surface area contributed by atoms with Crippen LogP contribution >= 0.6 is 15.9 Å². The molecule has 6 heteroatoms. The molecule has 5 nitrogen and oxygen atoms in total. The minimum atomic E-state index is -1.13. The number of terminal acetylenes is 1. The molecular formula is C13H12BrNO4. The van der Waals surface area contributed by atoms with E-state index in [4.69, 9.17) is 16.3 Å². The molecule has 0 aliphatic heterocycles. The number of carboxylic acid groups (broad SMARTS) is 1. The average molecular weight is 326 g/mol. The number of rotatable bonds is 5. The number of aromatic carboxylic acids is 1. The molecule has 0 radical (unpaired) electrons. The van der Waals surface area contributed by atoms with Crippen molar-refractivity contribution in [2.45, 2.75) is 13.0 Å². The van der Waals surface area contributed by atoms with Crippen molar-refractivity contribution in [3.05, 3.63) is 28.2 Å². The van der Waals surface area contributed by atoms with Crippen molar-refractivity contribution in [3.63, 3.8) is 0 Å². The minimum Gasteiger partial charge on any atom is -0.480 e. The number of nitrogens with one attached hydrogen (secondary N) is 1. The summed E-state index contributed by atoms with van der Waals surface area (Å²) in [5.41, 5.74) is -0.0222. The first-order valence-corrected chi connectivity index (χ1v) is 6.15. The molecule has 1 amide bonds. The normalized spacial score (nSPS) is 11.2. The van der Waals surface area contributed by atoms with E-state index in [1.54, 1.807) is 6.07 Å². The number of amides is 1. The van der Waals surface area contributed by atoms with Crippen LogP contribution in [-0.2, 0) is 4.79 Å². The highest BCUT2D eigenvalue weighted by Gasteiger charge is 2.18. The van der Waals surface area contributed by atoms with Gasteiger partial charge in [-0.1, -0.05) is 21.9 Å². The molecule has 0 aliphatic rings. The van der Waals surface area contributed by atoms with Gasteiger partial charge in [-0.05, 0) is 25.1 Å². The third-order valence-electron chi connectivity index (χ3n) is 2.21. The lowest BCUT2D eigenvalue weighted by atomic mass is 10.2. The molecule has 0 saturated carbocycles. The van der Waals surface area contributed by atoms with Crippen LogP contribution in [0.5, 0.6) is 5.75 Å². The smallest absolute Gasteiger partial charge is 0.339 e. The van der Waals surface area contributed by atoms with E-state index in [1.807, 2.05) is 0 Å². The number of halogens is 1. The second-order valence-electron chi connectivity index (χ2n) is 3.63. The minimum absolute atomic E-state index is 0.0222. The van der Waals surface area contributed by atoms with E-state index in [9.17, 15) is 9.59 Å². The highest BCUT2D eigenvalue weighted by Crippen LogP contribution is 2.24. The van der Waals surface area contributed by atoms with Crippen molar-refractivity contribution < 1.29 is 19.4 Å². The number of carbonyl (C=O) groups excluding carboxylic acids is 1. The van der Waals surface area contributed by atoms with Gasteiger partial charge >= 0.3 is 5.97 Å². The molecule has 0 heterocycles. The Morgan fingerprint density at radius 3 is 2.84 bits per heavy atom. The lowest BCUT2D eigenvalue weighted by Crippen LogP contribution is -2.36. The van der Waals surface area contributed by atoms with Gasteiger partial charge in [0.1, 0.15) is 11.3 Å². The number of hydrogen-bond donors (Lipinski definition) is 2. The van der Waals surface area contributed by atoms with Gasteiger partial charge < -0.3 is 15.2 Å². The lowest BCUT2D eigenvalue weighted by Gasteiger charge is -2.15. The molecule has 0 bridgehead atoms. The molecule has 2 N–H and O–H groups in total.